The molecule has 0 unspecified atom stereocenters. The lowest BCUT2D eigenvalue weighted by Gasteiger charge is -2.25. The number of piperidine rings is 1. The second kappa shape index (κ2) is 8.29. The van der Waals surface area contributed by atoms with E-state index in [0.29, 0.717) is 17.9 Å². The van der Waals surface area contributed by atoms with E-state index in [1.54, 1.807) is 23.5 Å². The van der Waals surface area contributed by atoms with Crippen molar-refractivity contribution in [2.75, 3.05) is 24.5 Å². The molecule has 1 fully saturated rings. The zero-order chi connectivity index (χ0) is 17.7. The maximum atomic E-state index is 12.3. The van der Waals surface area contributed by atoms with Crippen LogP contribution < -0.4 is 9.62 Å². The molecule has 1 saturated heterocycles. The number of rotatable bonds is 7. The van der Waals surface area contributed by atoms with Gasteiger partial charge in [0.25, 0.3) is 0 Å². The van der Waals surface area contributed by atoms with Gasteiger partial charge in [0.2, 0.25) is 10.0 Å². The van der Waals surface area contributed by atoms with E-state index in [1.807, 2.05) is 24.4 Å². The normalized spacial score (nSPS) is 15.5. The Morgan fingerprint density at radius 2 is 1.88 bits per heavy atom. The predicted molar refractivity (Wildman–Crippen MR) is 103 cm³/mol. The van der Waals surface area contributed by atoms with Crippen molar-refractivity contribution in [2.45, 2.75) is 43.9 Å². The third kappa shape index (κ3) is 4.80. The molecule has 136 valence electrons. The Hall–Kier alpha value is -1.44. The summed E-state index contributed by atoms with van der Waals surface area (Å²) in [6, 6.07) is 7.05. The zero-order valence-corrected chi connectivity index (χ0v) is 16.2. The van der Waals surface area contributed by atoms with Gasteiger partial charge in [-0.05, 0) is 43.4 Å². The molecule has 0 radical (unpaired) electrons. The van der Waals surface area contributed by atoms with Gasteiger partial charge in [-0.2, -0.15) is 0 Å². The molecule has 0 saturated carbocycles. The first-order valence-corrected chi connectivity index (χ1v) is 11.2. The molecule has 0 aliphatic carbocycles. The highest BCUT2D eigenvalue weighted by atomic mass is 32.2. The number of hydrogen-bond donors (Lipinski definition) is 1. The third-order valence-corrected chi connectivity index (χ3v) is 6.91. The largest absolute Gasteiger partial charge is 0.348 e. The van der Waals surface area contributed by atoms with Crippen LogP contribution >= 0.6 is 11.3 Å². The van der Waals surface area contributed by atoms with Gasteiger partial charge in [-0.3, -0.25) is 0 Å². The summed E-state index contributed by atoms with van der Waals surface area (Å²) in [7, 11) is -3.45. The first kappa shape index (κ1) is 18.4. The molecule has 1 aliphatic heterocycles. The maximum absolute atomic E-state index is 12.3. The molecule has 0 bridgehead atoms. The molecule has 0 atom stereocenters. The average molecular weight is 380 g/mol. The number of thiazole rings is 1. The van der Waals surface area contributed by atoms with Crippen molar-refractivity contribution in [1.29, 1.82) is 0 Å². The molecule has 1 aromatic heterocycles. The Morgan fingerprint density at radius 1 is 1.16 bits per heavy atom. The first-order chi connectivity index (χ1) is 12.1. The van der Waals surface area contributed by atoms with E-state index < -0.39 is 10.0 Å². The Labute approximate surface area is 154 Å². The summed E-state index contributed by atoms with van der Waals surface area (Å²) in [5.74, 6) is 0. The summed E-state index contributed by atoms with van der Waals surface area (Å²) in [5, 5.41) is 3.10. The summed E-state index contributed by atoms with van der Waals surface area (Å²) in [5.41, 5.74) is 2.08. The van der Waals surface area contributed by atoms with Gasteiger partial charge in [-0.1, -0.05) is 19.1 Å². The van der Waals surface area contributed by atoms with Crippen LogP contribution in [0.1, 0.15) is 37.4 Å². The average Bonchev–Trinajstić information content (AvgIpc) is 3.11. The third-order valence-electron chi connectivity index (χ3n) is 4.48. The second-order valence-corrected chi connectivity index (χ2v) is 8.92. The van der Waals surface area contributed by atoms with Crippen molar-refractivity contribution < 1.29 is 8.42 Å². The molecule has 5 nitrogen and oxygen atoms in total. The minimum atomic E-state index is -3.45. The van der Waals surface area contributed by atoms with Crippen LogP contribution in [0.2, 0.25) is 0 Å². The predicted octanol–water partition coefficient (Wildman–Crippen LogP) is 3.22. The molecule has 1 aliphatic rings. The van der Waals surface area contributed by atoms with Gasteiger partial charge < -0.3 is 4.90 Å². The molecule has 7 heteroatoms. The zero-order valence-electron chi connectivity index (χ0n) is 14.6. The van der Waals surface area contributed by atoms with Crippen molar-refractivity contribution in [3.05, 3.63) is 40.9 Å². The smallest absolute Gasteiger partial charge is 0.240 e. The number of anilines is 1. The van der Waals surface area contributed by atoms with Crippen molar-refractivity contribution in [2.24, 2.45) is 0 Å². The van der Waals surface area contributed by atoms with Gasteiger partial charge in [0.1, 0.15) is 0 Å². The van der Waals surface area contributed by atoms with Crippen molar-refractivity contribution >= 4 is 26.5 Å². The van der Waals surface area contributed by atoms with Gasteiger partial charge >= 0.3 is 0 Å². The van der Waals surface area contributed by atoms with Crippen LogP contribution in [0.15, 0.2) is 34.5 Å². The van der Waals surface area contributed by atoms with Crippen LogP contribution in [0.25, 0.3) is 0 Å². The van der Waals surface area contributed by atoms with E-state index in [2.05, 4.69) is 14.6 Å². The van der Waals surface area contributed by atoms with Crippen LogP contribution in [0.4, 0.5) is 5.13 Å². The first-order valence-electron chi connectivity index (χ1n) is 8.86. The molecule has 25 heavy (non-hydrogen) atoms. The lowest BCUT2D eigenvalue weighted by atomic mass is 10.1. The number of aryl methyl sites for hydroxylation is 1. The minimum absolute atomic E-state index is 0.317. The molecule has 0 amide bonds. The Morgan fingerprint density at radius 3 is 2.56 bits per heavy atom. The van der Waals surface area contributed by atoms with Crippen molar-refractivity contribution in [3.8, 4) is 0 Å². The highest BCUT2D eigenvalue weighted by molar-refractivity contribution is 7.89. The van der Waals surface area contributed by atoms with E-state index in [0.717, 1.165) is 35.9 Å². The number of nitrogens with one attached hydrogen (secondary N) is 1. The fourth-order valence-corrected chi connectivity index (χ4v) is 4.89. The van der Waals surface area contributed by atoms with E-state index in [-0.39, 0.29) is 0 Å². The van der Waals surface area contributed by atoms with E-state index >= 15 is 0 Å². The molecular weight excluding hydrogens is 354 g/mol. The lowest BCUT2D eigenvalue weighted by molar-refractivity contribution is 0.575. The Bertz CT molecular complexity index is 779. The summed E-state index contributed by atoms with van der Waals surface area (Å²) >= 11 is 1.65. The number of hydrogen-bond acceptors (Lipinski definition) is 5. The van der Waals surface area contributed by atoms with Crippen LogP contribution in [-0.2, 0) is 22.9 Å². The topological polar surface area (TPSA) is 62.3 Å². The van der Waals surface area contributed by atoms with E-state index in [1.165, 1.54) is 19.3 Å². The maximum Gasteiger partial charge on any atom is 0.240 e. The highest BCUT2D eigenvalue weighted by Crippen LogP contribution is 2.24. The Kier molecular flexibility index (Phi) is 6.09. The molecule has 1 aromatic carbocycles. The number of benzene rings is 1. The number of nitrogens with zero attached hydrogens (tertiary/aromatic N) is 2. The highest BCUT2D eigenvalue weighted by Gasteiger charge is 2.16. The van der Waals surface area contributed by atoms with Gasteiger partial charge in [-0.25, -0.2) is 18.1 Å². The molecule has 3 rings (SSSR count). The van der Waals surface area contributed by atoms with Gasteiger partial charge in [-0.15, -0.1) is 11.3 Å². The lowest BCUT2D eigenvalue weighted by Crippen LogP contribution is -2.29. The monoisotopic (exact) mass is 379 g/mol. The van der Waals surface area contributed by atoms with Crippen LogP contribution in [-0.4, -0.2) is 33.0 Å². The quantitative estimate of drug-likeness (QED) is 0.802. The molecule has 1 N–H and O–H groups in total. The van der Waals surface area contributed by atoms with Crippen molar-refractivity contribution in [1.82, 2.24) is 9.71 Å². The van der Waals surface area contributed by atoms with E-state index in [4.69, 9.17) is 0 Å². The second-order valence-electron chi connectivity index (χ2n) is 6.31. The van der Waals surface area contributed by atoms with Crippen molar-refractivity contribution in [3.63, 3.8) is 0 Å². The van der Waals surface area contributed by atoms with Crippen LogP contribution in [0.3, 0.4) is 0 Å². The molecule has 2 heterocycles. The molecule has 2 aromatic rings. The van der Waals surface area contributed by atoms with Gasteiger partial charge in [0.05, 0.1) is 10.6 Å². The summed E-state index contributed by atoms with van der Waals surface area (Å²) in [6.45, 7) is 4.56. The summed E-state index contributed by atoms with van der Waals surface area (Å²) in [4.78, 5) is 7.31. The number of sulfonamides is 1. The molecule has 0 spiro atoms. The Balaban J connectivity index is 1.54. The van der Waals surface area contributed by atoms with Crippen LogP contribution in [0, 0.1) is 0 Å². The standard InChI is InChI=1S/C18H25N3O2S2/c1-2-15-6-8-17(9-7-15)25(22,23)19-11-10-16-14-24-18(20-16)21-12-4-3-5-13-21/h6-9,14,19H,2-5,10-13H2,1H3. The summed E-state index contributed by atoms with van der Waals surface area (Å²) < 4.78 is 27.3. The fourth-order valence-electron chi connectivity index (χ4n) is 2.94. The van der Waals surface area contributed by atoms with E-state index in [9.17, 15) is 8.42 Å². The van der Waals surface area contributed by atoms with Gasteiger partial charge in [0.15, 0.2) is 5.13 Å². The minimum Gasteiger partial charge on any atom is -0.348 e. The fraction of sp³-hybridized carbons (Fsp3) is 0.500. The summed E-state index contributed by atoms with van der Waals surface area (Å²) in [6.07, 6.45) is 5.26. The SMILES string of the molecule is CCc1ccc(S(=O)(=O)NCCc2csc(N3CCCCC3)n2)cc1. The van der Waals surface area contributed by atoms with Crippen LogP contribution in [0.5, 0.6) is 0 Å². The number of aromatic nitrogens is 1. The molecular formula is C18H25N3O2S2. The van der Waals surface area contributed by atoms with Gasteiger partial charge in [0, 0.05) is 31.4 Å².